The Labute approximate surface area is 119 Å². The normalized spacial score (nSPS) is 18.3. The van der Waals surface area contributed by atoms with Gasteiger partial charge in [0.15, 0.2) is 0 Å². The van der Waals surface area contributed by atoms with Crippen molar-refractivity contribution >= 4 is 11.6 Å². The third-order valence-corrected chi connectivity index (χ3v) is 3.97. The summed E-state index contributed by atoms with van der Waals surface area (Å²) in [6.45, 7) is 7.62. The van der Waals surface area contributed by atoms with Gasteiger partial charge >= 0.3 is 0 Å². The third-order valence-electron chi connectivity index (χ3n) is 3.97. The zero-order chi connectivity index (χ0) is 13.9. The van der Waals surface area contributed by atoms with Gasteiger partial charge in [-0.25, -0.2) is 4.98 Å². The topological polar surface area (TPSA) is 58.4 Å². The van der Waals surface area contributed by atoms with Crippen LogP contribution in [0.2, 0.25) is 0 Å². The minimum atomic E-state index is 0.530. The number of aryl methyl sites for hydroxylation is 1. The van der Waals surface area contributed by atoms with Crippen molar-refractivity contribution in [3.8, 4) is 0 Å². The predicted octanol–water partition coefficient (Wildman–Crippen LogP) is 1.72. The van der Waals surface area contributed by atoms with E-state index < -0.39 is 0 Å². The van der Waals surface area contributed by atoms with Gasteiger partial charge in [-0.3, -0.25) is 4.90 Å². The van der Waals surface area contributed by atoms with Crippen LogP contribution in [0.1, 0.15) is 31.9 Å². The van der Waals surface area contributed by atoms with Gasteiger partial charge in [-0.1, -0.05) is 6.42 Å². The molecular formula is C14H22N6. The molecule has 0 amide bonds. The molecule has 20 heavy (non-hydrogen) atoms. The highest BCUT2D eigenvalue weighted by atomic mass is 15.4. The monoisotopic (exact) mass is 274 g/mol. The molecule has 1 aliphatic rings. The summed E-state index contributed by atoms with van der Waals surface area (Å²) in [5, 5.41) is 7.71. The highest BCUT2D eigenvalue weighted by Crippen LogP contribution is 2.14. The lowest BCUT2D eigenvalue weighted by Crippen LogP contribution is -2.41. The fourth-order valence-electron chi connectivity index (χ4n) is 2.80. The van der Waals surface area contributed by atoms with E-state index in [1.54, 1.807) is 10.8 Å². The minimum Gasteiger partial charge on any atom is -0.368 e. The number of fused-ring (bicyclic) bond motifs is 1. The zero-order valence-electron chi connectivity index (χ0n) is 12.2. The second kappa shape index (κ2) is 5.75. The molecule has 1 saturated heterocycles. The number of hydrogen-bond donors (Lipinski definition) is 1. The molecule has 0 spiro atoms. The van der Waals surface area contributed by atoms with Crippen LogP contribution in [0.25, 0.3) is 5.78 Å². The molecule has 6 nitrogen and oxygen atoms in total. The van der Waals surface area contributed by atoms with E-state index in [1.807, 2.05) is 13.0 Å². The highest BCUT2D eigenvalue weighted by molar-refractivity contribution is 5.44. The molecule has 108 valence electrons. The number of piperidine rings is 1. The summed E-state index contributed by atoms with van der Waals surface area (Å²) in [7, 11) is 0. The summed E-state index contributed by atoms with van der Waals surface area (Å²) in [6.07, 6.45) is 5.57. The molecule has 0 aliphatic carbocycles. The van der Waals surface area contributed by atoms with Gasteiger partial charge in [0.1, 0.15) is 12.1 Å². The van der Waals surface area contributed by atoms with E-state index in [2.05, 4.69) is 32.2 Å². The molecule has 0 radical (unpaired) electrons. The number of nitrogens with zero attached hydrogens (tertiary/aromatic N) is 5. The molecule has 1 N–H and O–H groups in total. The molecule has 2 aromatic rings. The van der Waals surface area contributed by atoms with Crippen molar-refractivity contribution in [2.45, 2.75) is 39.2 Å². The molecule has 1 aliphatic heterocycles. The lowest BCUT2D eigenvalue weighted by atomic mass is 10.1. The van der Waals surface area contributed by atoms with Crippen molar-refractivity contribution in [1.29, 1.82) is 0 Å². The van der Waals surface area contributed by atoms with Crippen LogP contribution in [0.4, 0.5) is 5.82 Å². The molecule has 2 aromatic heterocycles. The van der Waals surface area contributed by atoms with Crippen LogP contribution >= 0.6 is 0 Å². The Morgan fingerprint density at radius 2 is 2.10 bits per heavy atom. The second-order valence-electron chi connectivity index (χ2n) is 5.58. The Balaban J connectivity index is 1.68. The summed E-state index contributed by atoms with van der Waals surface area (Å²) < 4.78 is 1.76. The van der Waals surface area contributed by atoms with Crippen LogP contribution in [-0.4, -0.2) is 50.2 Å². The first kappa shape index (κ1) is 13.3. The van der Waals surface area contributed by atoms with E-state index in [-0.39, 0.29) is 0 Å². The van der Waals surface area contributed by atoms with Gasteiger partial charge in [0.25, 0.3) is 5.78 Å². The van der Waals surface area contributed by atoms with E-state index >= 15 is 0 Å². The number of rotatable bonds is 4. The van der Waals surface area contributed by atoms with E-state index in [4.69, 9.17) is 0 Å². The molecular weight excluding hydrogens is 252 g/mol. The van der Waals surface area contributed by atoms with Crippen LogP contribution in [-0.2, 0) is 0 Å². The Hall–Kier alpha value is -1.69. The van der Waals surface area contributed by atoms with Crippen molar-refractivity contribution in [1.82, 2.24) is 24.5 Å². The van der Waals surface area contributed by atoms with Crippen LogP contribution in [0.15, 0.2) is 12.4 Å². The van der Waals surface area contributed by atoms with Crippen LogP contribution in [0.3, 0.4) is 0 Å². The van der Waals surface area contributed by atoms with Crippen molar-refractivity contribution in [3.63, 3.8) is 0 Å². The second-order valence-corrected chi connectivity index (χ2v) is 5.58. The molecule has 0 aromatic carbocycles. The molecule has 3 rings (SSSR count). The molecule has 1 fully saturated rings. The molecule has 0 bridgehead atoms. The smallest absolute Gasteiger partial charge is 0.254 e. The molecule has 3 heterocycles. The average molecular weight is 274 g/mol. The van der Waals surface area contributed by atoms with Gasteiger partial charge in [0.05, 0.1) is 0 Å². The third kappa shape index (κ3) is 2.75. The van der Waals surface area contributed by atoms with Gasteiger partial charge in [-0.2, -0.15) is 14.6 Å². The number of aromatic nitrogens is 4. The van der Waals surface area contributed by atoms with Crippen molar-refractivity contribution in [2.24, 2.45) is 0 Å². The van der Waals surface area contributed by atoms with E-state index in [0.717, 1.165) is 18.1 Å². The van der Waals surface area contributed by atoms with Gasteiger partial charge in [-0.15, -0.1) is 0 Å². The first-order valence-electron chi connectivity index (χ1n) is 7.39. The summed E-state index contributed by atoms with van der Waals surface area (Å²) in [5.74, 6) is 1.62. The Kier molecular flexibility index (Phi) is 3.82. The van der Waals surface area contributed by atoms with E-state index in [0.29, 0.717) is 11.8 Å². The largest absolute Gasteiger partial charge is 0.368 e. The number of hydrogen-bond acceptors (Lipinski definition) is 5. The first-order chi connectivity index (χ1) is 9.74. The van der Waals surface area contributed by atoms with Crippen LogP contribution < -0.4 is 5.32 Å². The molecule has 6 heteroatoms. The molecule has 1 atom stereocenters. The number of nitrogens with one attached hydrogen (secondary N) is 1. The van der Waals surface area contributed by atoms with Crippen LogP contribution in [0.5, 0.6) is 0 Å². The average Bonchev–Trinajstić information content (AvgIpc) is 2.93. The molecule has 1 unspecified atom stereocenters. The maximum atomic E-state index is 4.35. The van der Waals surface area contributed by atoms with Gasteiger partial charge in [-0.05, 0) is 39.8 Å². The molecule has 0 saturated carbocycles. The van der Waals surface area contributed by atoms with Crippen molar-refractivity contribution < 1.29 is 0 Å². The summed E-state index contributed by atoms with van der Waals surface area (Å²) in [5.41, 5.74) is 0.957. The zero-order valence-corrected chi connectivity index (χ0v) is 12.2. The Morgan fingerprint density at radius 3 is 2.90 bits per heavy atom. The standard InChI is InChI=1S/C14H22N6/c1-11-8-13(20-14(18-11)16-10-17-20)15-9-12(2)19-6-4-3-5-7-19/h8,10,12,15H,3-7,9H2,1-2H3. The van der Waals surface area contributed by atoms with E-state index in [1.165, 1.54) is 32.4 Å². The maximum absolute atomic E-state index is 4.35. The van der Waals surface area contributed by atoms with Gasteiger partial charge in [0, 0.05) is 24.3 Å². The SMILES string of the molecule is Cc1cc(NCC(C)N2CCCCC2)n2ncnc2n1. The lowest BCUT2D eigenvalue weighted by molar-refractivity contribution is 0.180. The lowest BCUT2D eigenvalue weighted by Gasteiger charge is -2.32. The highest BCUT2D eigenvalue weighted by Gasteiger charge is 2.16. The summed E-state index contributed by atoms with van der Waals surface area (Å²) >= 11 is 0. The number of likely N-dealkylation sites (tertiary alicyclic amines) is 1. The number of anilines is 1. The first-order valence-corrected chi connectivity index (χ1v) is 7.39. The van der Waals surface area contributed by atoms with Crippen LogP contribution in [0, 0.1) is 6.92 Å². The summed E-state index contributed by atoms with van der Waals surface area (Å²) in [4.78, 5) is 11.1. The van der Waals surface area contributed by atoms with Crippen molar-refractivity contribution in [3.05, 3.63) is 18.1 Å². The fourth-order valence-corrected chi connectivity index (χ4v) is 2.80. The van der Waals surface area contributed by atoms with Crippen molar-refractivity contribution in [2.75, 3.05) is 25.0 Å². The fraction of sp³-hybridized carbons (Fsp3) is 0.643. The summed E-state index contributed by atoms with van der Waals surface area (Å²) in [6, 6.07) is 2.55. The predicted molar refractivity (Wildman–Crippen MR) is 78.9 cm³/mol. The maximum Gasteiger partial charge on any atom is 0.254 e. The minimum absolute atomic E-state index is 0.530. The van der Waals surface area contributed by atoms with Gasteiger partial charge in [0.2, 0.25) is 0 Å². The van der Waals surface area contributed by atoms with Gasteiger partial charge < -0.3 is 5.32 Å². The Bertz CT molecular complexity index is 572. The Morgan fingerprint density at radius 1 is 1.30 bits per heavy atom. The quantitative estimate of drug-likeness (QED) is 0.920. The van der Waals surface area contributed by atoms with E-state index in [9.17, 15) is 0 Å².